The molecule has 0 aromatic heterocycles. The van der Waals surface area contributed by atoms with E-state index >= 15 is 0 Å². The highest BCUT2D eigenvalue weighted by atomic mass is 16.7. The number of hydrogen-bond donors (Lipinski definition) is 0. The number of benzene rings is 2. The first kappa shape index (κ1) is 22.1. The van der Waals surface area contributed by atoms with Gasteiger partial charge >= 0.3 is 6.16 Å². The number of rotatable bonds is 4. The SMILES string of the molecule is CCOC(=O)OC1=C(c2c(C)cc(C)cc2C)C(=O)N(c2ccccc2)C12CCCCC2. The van der Waals surface area contributed by atoms with Gasteiger partial charge in [-0.25, -0.2) is 4.79 Å². The predicted octanol–water partition coefficient (Wildman–Crippen LogP) is 6.25. The summed E-state index contributed by atoms with van der Waals surface area (Å²) >= 11 is 0. The Labute approximate surface area is 190 Å². The van der Waals surface area contributed by atoms with E-state index in [2.05, 4.69) is 12.1 Å². The molecule has 168 valence electrons. The van der Waals surface area contributed by atoms with E-state index in [4.69, 9.17) is 9.47 Å². The van der Waals surface area contributed by atoms with Crippen LogP contribution in [0.3, 0.4) is 0 Å². The van der Waals surface area contributed by atoms with Crippen molar-refractivity contribution in [3.63, 3.8) is 0 Å². The van der Waals surface area contributed by atoms with Gasteiger partial charge in [0, 0.05) is 5.69 Å². The zero-order valence-corrected chi connectivity index (χ0v) is 19.4. The Balaban J connectivity index is 1.98. The van der Waals surface area contributed by atoms with E-state index in [1.54, 1.807) is 6.92 Å². The van der Waals surface area contributed by atoms with Crippen LogP contribution in [0.25, 0.3) is 5.57 Å². The molecule has 1 saturated carbocycles. The molecule has 1 fully saturated rings. The molecule has 1 heterocycles. The van der Waals surface area contributed by atoms with Crippen molar-refractivity contribution in [2.45, 2.75) is 65.3 Å². The summed E-state index contributed by atoms with van der Waals surface area (Å²) in [7, 11) is 0. The summed E-state index contributed by atoms with van der Waals surface area (Å²) in [6.45, 7) is 8.03. The van der Waals surface area contributed by atoms with Crippen LogP contribution in [0, 0.1) is 20.8 Å². The Kier molecular flexibility index (Phi) is 6.09. The van der Waals surface area contributed by atoms with Crippen LogP contribution in [0.15, 0.2) is 48.2 Å². The molecule has 0 atom stereocenters. The van der Waals surface area contributed by atoms with Gasteiger partial charge in [-0.05, 0) is 69.4 Å². The fourth-order valence-corrected chi connectivity index (χ4v) is 5.44. The number of aryl methyl sites for hydroxylation is 3. The lowest BCUT2D eigenvalue weighted by molar-refractivity contribution is -0.113. The third-order valence-corrected chi connectivity index (χ3v) is 6.56. The molecular weight excluding hydrogens is 402 g/mol. The molecule has 0 unspecified atom stereocenters. The molecule has 5 nitrogen and oxygen atoms in total. The van der Waals surface area contributed by atoms with Crippen molar-refractivity contribution in [3.05, 3.63) is 70.5 Å². The number of anilines is 1. The minimum Gasteiger partial charge on any atom is -0.434 e. The lowest BCUT2D eigenvalue weighted by atomic mass is 9.79. The van der Waals surface area contributed by atoms with Crippen LogP contribution in [-0.4, -0.2) is 24.2 Å². The van der Waals surface area contributed by atoms with Crippen LogP contribution in [0.2, 0.25) is 0 Å². The molecule has 0 bridgehead atoms. The van der Waals surface area contributed by atoms with Crippen LogP contribution in [0.1, 0.15) is 61.3 Å². The zero-order valence-electron chi connectivity index (χ0n) is 19.4. The van der Waals surface area contributed by atoms with E-state index in [1.165, 1.54) is 0 Å². The highest BCUT2D eigenvalue weighted by Gasteiger charge is 2.55. The number of carbonyl (C=O) groups is 2. The fourth-order valence-electron chi connectivity index (χ4n) is 5.44. The molecule has 0 saturated heterocycles. The largest absolute Gasteiger partial charge is 0.513 e. The van der Waals surface area contributed by atoms with Gasteiger partial charge < -0.3 is 9.47 Å². The molecule has 1 spiro atoms. The normalized spacial score (nSPS) is 17.8. The molecule has 1 amide bonds. The monoisotopic (exact) mass is 433 g/mol. The Morgan fingerprint density at radius 3 is 2.22 bits per heavy atom. The van der Waals surface area contributed by atoms with Gasteiger partial charge in [0.2, 0.25) is 0 Å². The molecule has 4 rings (SSSR count). The summed E-state index contributed by atoms with van der Waals surface area (Å²) in [5.74, 6) is 0.326. The maximum atomic E-state index is 14.2. The first-order chi connectivity index (χ1) is 15.4. The molecule has 0 N–H and O–H groups in total. The second-order valence-electron chi connectivity index (χ2n) is 8.83. The molecule has 2 aliphatic rings. The minimum absolute atomic E-state index is 0.118. The number of carbonyl (C=O) groups excluding carboxylic acids is 2. The standard InChI is InChI=1S/C27H31NO4/c1-5-31-26(30)32-24-23(22-19(3)16-18(2)17-20(22)4)25(29)28(21-12-8-6-9-13-21)27(24)14-10-7-11-15-27/h6,8-9,12-13,16-17H,5,7,10-11,14-15H2,1-4H3. The van der Waals surface area contributed by atoms with E-state index in [9.17, 15) is 9.59 Å². The van der Waals surface area contributed by atoms with Gasteiger partial charge in [-0.3, -0.25) is 9.69 Å². The molecule has 5 heteroatoms. The van der Waals surface area contributed by atoms with E-state index in [-0.39, 0.29) is 12.5 Å². The number of ether oxygens (including phenoxy) is 2. The van der Waals surface area contributed by atoms with E-state index in [0.29, 0.717) is 11.3 Å². The van der Waals surface area contributed by atoms with Crippen molar-refractivity contribution < 1.29 is 19.1 Å². The molecule has 2 aromatic rings. The average Bonchev–Trinajstić information content (AvgIpc) is 2.96. The molecule has 0 radical (unpaired) electrons. The van der Waals surface area contributed by atoms with Gasteiger partial charge in [0.1, 0.15) is 5.54 Å². The van der Waals surface area contributed by atoms with Crippen LogP contribution in [0.4, 0.5) is 10.5 Å². The van der Waals surface area contributed by atoms with Gasteiger partial charge in [0.25, 0.3) is 5.91 Å². The van der Waals surface area contributed by atoms with E-state index < -0.39 is 11.7 Å². The van der Waals surface area contributed by atoms with Gasteiger partial charge in [0.15, 0.2) is 5.76 Å². The summed E-state index contributed by atoms with van der Waals surface area (Å²) in [5.41, 5.74) is 4.59. The third-order valence-electron chi connectivity index (χ3n) is 6.56. The van der Waals surface area contributed by atoms with Crippen LogP contribution < -0.4 is 4.90 Å². The molecular formula is C27H31NO4. The maximum absolute atomic E-state index is 14.2. The lowest BCUT2D eigenvalue weighted by Crippen LogP contribution is -2.50. The van der Waals surface area contributed by atoms with Crippen LogP contribution in [-0.2, 0) is 14.3 Å². The summed E-state index contributed by atoms with van der Waals surface area (Å²) in [4.78, 5) is 28.6. The molecule has 1 aliphatic heterocycles. The summed E-state index contributed by atoms with van der Waals surface area (Å²) in [6.07, 6.45) is 3.77. The quantitative estimate of drug-likeness (QED) is 0.535. The van der Waals surface area contributed by atoms with Crippen molar-refractivity contribution in [2.24, 2.45) is 0 Å². The van der Waals surface area contributed by atoms with Crippen molar-refractivity contribution in [2.75, 3.05) is 11.5 Å². The number of hydrogen-bond acceptors (Lipinski definition) is 4. The van der Waals surface area contributed by atoms with E-state index in [0.717, 1.165) is 60.0 Å². The highest BCUT2D eigenvalue weighted by molar-refractivity contribution is 6.31. The number of amides is 1. The molecule has 32 heavy (non-hydrogen) atoms. The molecule has 1 aliphatic carbocycles. The van der Waals surface area contributed by atoms with Crippen LogP contribution >= 0.6 is 0 Å². The summed E-state index contributed by atoms with van der Waals surface area (Å²) < 4.78 is 11.1. The highest BCUT2D eigenvalue weighted by Crippen LogP contribution is 2.51. The van der Waals surface area contributed by atoms with Crippen molar-refractivity contribution in [1.82, 2.24) is 0 Å². The van der Waals surface area contributed by atoms with Crippen molar-refractivity contribution >= 4 is 23.3 Å². The lowest BCUT2D eigenvalue weighted by Gasteiger charge is -2.42. The summed E-state index contributed by atoms with van der Waals surface area (Å²) in [6, 6.07) is 13.9. The Morgan fingerprint density at radius 2 is 1.62 bits per heavy atom. The van der Waals surface area contributed by atoms with Crippen LogP contribution in [0.5, 0.6) is 0 Å². The zero-order chi connectivity index (χ0) is 22.9. The Morgan fingerprint density at radius 1 is 1.00 bits per heavy atom. The smallest absolute Gasteiger partial charge is 0.434 e. The average molecular weight is 434 g/mol. The first-order valence-corrected chi connectivity index (χ1v) is 11.5. The van der Waals surface area contributed by atoms with Gasteiger partial charge in [-0.1, -0.05) is 55.2 Å². The van der Waals surface area contributed by atoms with Gasteiger partial charge in [-0.15, -0.1) is 0 Å². The van der Waals surface area contributed by atoms with Crippen molar-refractivity contribution in [1.29, 1.82) is 0 Å². The minimum atomic E-state index is -0.755. The van der Waals surface area contributed by atoms with Gasteiger partial charge in [0.05, 0.1) is 12.2 Å². The fraction of sp³-hybridized carbons (Fsp3) is 0.407. The van der Waals surface area contributed by atoms with Gasteiger partial charge in [-0.2, -0.15) is 0 Å². The second-order valence-corrected chi connectivity index (χ2v) is 8.83. The predicted molar refractivity (Wildman–Crippen MR) is 125 cm³/mol. The Hall–Kier alpha value is -3.08. The number of para-hydroxylation sites is 1. The van der Waals surface area contributed by atoms with E-state index in [1.807, 2.05) is 56.0 Å². The number of nitrogens with zero attached hydrogens (tertiary/aromatic N) is 1. The first-order valence-electron chi connectivity index (χ1n) is 11.5. The second kappa shape index (κ2) is 8.81. The molecule has 2 aromatic carbocycles. The summed E-state index contributed by atoms with van der Waals surface area (Å²) in [5, 5.41) is 0. The topological polar surface area (TPSA) is 55.8 Å². The Bertz CT molecular complexity index is 1040. The van der Waals surface area contributed by atoms with Crippen molar-refractivity contribution in [3.8, 4) is 0 Å². The maximum Gasteiger partial charge on any atom is 0.513 e. The third kappa shape index (κ3) is 3.70.